The van der Waals surface area contributed by atoms with E-state index in [-0.39, 0.29) is 62.5 Å². The summed E-state index contributed by atoms with van der Waals surface area (Å²) in [6, 6.07) is 10.7. The maximum absolute atomic E-state index is 16.2. The van der Waals surface area contributed by atoms with Crippen LogP contribution in [0.15, 0.2) is 54.6 Å². The molecule has 4 atom stereocenters. The van der Waals surface area contributed by atoms with Gasteiger partial charge in [-0.25, -0.2) is 13.6 Å². The Kier molecular flexibility index (Phi) is 10.7. The van der Waals surface area contributed by atoms with Gasteiger partial charge in [0.25, 0.3) is 0 Å². The molecule has 1 fully saturated rings. The van der Waals surface area contributed by atoms with Crippen LogP contribution in [0.2, 0.25) is 10.0 Å². The van der Waals surface area contributed by atoms with Crippen LogP contribution >= 0.6 is 23.2 Å². The number of nitrogens with one attached hydrogen (secondary N) is 3. The second-order valence-corrected chi connectivity index (χ2v) is 13.4. The number of carboxylic acids is 1. The van der Waals surface area contributed by atoms with Crippen molar-refractivity contribution in [2.45, 2.75) is 64.0 Å². The molecule has 3 aromatic carbocycles. The van der Waals surface area contributed by atoms with Crippen LogP contribution in [0.25, 0.3) is 0 Å². The van der Waals surface area contributed by atoms with Gasteiger partial charge in [-0.2, -0.15) is 0 Å². The summed E-state index contributed by atoms with van der Waals surface area (Å²) in [5.41, 5.74) is -1.51. The van der Waals surface area contributed by atoms with Crippen LogP contribution in [0.1, 0.15) is 67.9 Å². The van der Waals surface area contributed by atoms with E-state index in [0.717, 1.165) is 6.07 Å². The van der Waals surface area contributed by atoms with Crippen LogP contribution in [0.5, 0.6) is 5.75 Å². The molecule has 1 heterocycles. The van der Waals surface area contributed by atoms with Crippen molar-refractivity contribution in [1.29, 1.82) is 0 Å². The van der Waals surface area contributed by atoms with E-state index in [0.29, 0.717) is 6.42 Å². The van der Waals surface area contributed by atoms with Crippen molar-refractivity contribution in [3.63, 3.8) is 0 Å². The van der Waals surface area contributed by atoms with Crippen LogP contribution < -0.4 is 20.7 Å². The molecule has 0 saturated carbocycles. The second-order valence-electron chi connectivity index (χ2n) is 12.6. The molecule has 2 amide bonds. The Morgan fingerprint density at radius 3 is 2.39 bits per heavy atom. The van der Waals surface area contributed by atoms with E-state index in [1.807, 2.05) is 20.8 Å². The van der Waals surface area contributed by atoms with Gasteiger partial charge in [-0.15, -0.1) is 0 Å². The number of hydrogen-bond donors (Lipinski definition) is 4. The molecule has 1 saturated heterocycles. The summed E-state index contributed by atoms with van der Waals surface area (Å²) < 4.78 is 37.7. The van der Waals surface area contributed by atoms with Crippen LogP contribution in [0.3, 0.4) is 0 Å². The number of hydrogen-bond acceptors (Lipinski definition) is 5. The standard InChI is InChI=1S/C34H37Cl2F2N3O5/c1-6-27(42)39-17-34(21-12-11-19(35)15-23(21)37)26(16-33(2,3)4)41-30(28(34)20-8-7-9-22(36)29(20)38)31(43)40-24-13-10-18(32(44)45)14-25(24)46-5/h7-15,26,28,30,41H,6,16-17H2,1-5H3,(H,39,42)(H,40,43)(H,44,45)/t26-,28-,30+,34-/m0/s1. The zero-order chi connectivity index (χ0) is 34.0. The molecule has 0 radical (unpaired) electrons. The van der Waals surface area contributed by atoms with Gasteiger partial charge in [0.05, 0.1) is 29.4 Å². The fourth-order valence-corrected chi connectivity index (χ4v) is 6.67. The monoisotopic (exact) mass is 675 g/mol. The Labute approximate surface area is 276 Å². The number of ether oxygens (including phenoxy) is 1. The first-order valence-electron chi connectivity index (χ1n) is 14.8. The molecule has 0 aliphatic carbocycles. The zero-order valence-corrected chi connectivity index (χ0v) is 27.7. The third kappa shape index (κ3) is 7.14. The van der Waals surface area contributed by atoms with Gasteiger partial charge in [-0.3, -0.25) is 9.59 Å². The first-order valence-corrected chi connectivity index (χ1v) is 15.5. The zero-order valence-electron chi connectivity index (χ0n) is 26.1. The van der Waals surface area contributed by atoms with Crippen molar-refractivity contribution in [2.24, 2.45) is 5.41 Å². The average molecular weight is 677 g/mol. The predicted molar refractivity (Wildman–Crippen MR) is 174 cm³/mol. The number of rotatable bonds is 10. The molecule has 4 rings (SSSR count). The molecule has 0 aromatic heterocycles. The maximum Gasteiger partial charge on any atom is 0.335 e. The summed E-state index contributed by atoms with van der Waals surface area (Å²) >= 11 is 12.5. The van der Waals surface area contributed by atoms with E-state index in [4.69, 9.17) is 27.9 Å². The van der Waals surface area contributed by atoms with E-state index in [1.165, 1.54) is 49.6 Å². The van der Waals surface area contributed by atoms with E-state index in [9.17, 15) is 19.5 Å². The fraction of sp³-hybridized carbons (Fsp3) is 0.382. The topological polar surface area (TPSA) is 117 Å². The lowest BCUT2D eigenvalue weighted by molar-refractivity contribution is -0.121. The summed E-state index contributed by atoms with van der Waals surface area (Å²) in [4.78, 5) is 38.6. The molecule has 1 aliphatic heterocycles. The van der Waals surface area contributed by atoms with Crippen molar-refractivity contribution < 1.29 is 33.0 Å². The second kappa shape index (κ2) is 13.9. The smallest absolute Gasteiger partial charge is 0.335 e. The van der Waals surface area contributed by atoms with Gasteiger partial charge >= 0.3 is 5.97 Å². The van der Waals surface area contributed by atoms with Crippen molar-refractivity contribution in [1.82, 2.24) is 10.6 Å². The van der Waals surface area contributed by atoms with E-state index >= 15 is 8.78 Å². The fourth-order valence-electron chi connectivity index (χ4n) is 6.33. The number of halogens is 4. The molecule has 8 nitrogen and oxygen atoms in total. The largest absolute Gasteiger partial charge is 0.495 e. The Bertz CT molecular complexity index is 1650. The number of amides is 2. The van der Waals surface area contributed by atoms with Crippen molar-refractivity contribution in [3.8, 4) is 5.75 Å². The minimum Gasteiger partial charge on any atom is -0.495 e. The minimum absolute atomic E-state index is 0.0462. The highest BCUT2D eigenvalue weighted by Gasteiger charge is 2.60. The molecule has 46 heavy (non-hydrogen) atoms. The van der Waals surface area contributed by atoms with Crippen LogP contribution in [0.4, 0.5) is 14.5 Å². The van der Waals surface area contributed by atoms with Crippen LogP contribution in [-0.2, 0) is 15.0 Å². The molecule has 0 spiro atoms. The summed E-state index contributed by atoms with van der Waals surface area (Å²) in [6.45, 7) is 7.49. The van der Waals surface area contributed by atoms with Gasteiger partial charge in [-0.1, -0.05) is 69.1 Å². The molecule has 0 bridgehead atoms. The van der Waals surface area contributed by atoms with Gasteiger partial charge in [0.2, 0.25) is 11.8 Å². The molecule has 4 N–H and O–H groups in total. The number of anilines is 1. The average Bonchev–Trinajstić information content (AvgIpc) is 3.30. The highest BCUT2D eigenvalue weighted by molar-refractivity contribution is 6.31. The van der Waals surface area contributed by atoms with E-state index in [1.54, 1.807) is 13.0 Å². The Morgan fingerprint density at radius 2 is 1.78 bits per heavy atom. The summed E-state index contributed by atoms with van der Waals surface area (Å²) in [5.74, 6) is -4.61. The Balaban J connectivity index is 2.00. The third-order valence-electron chi connectivity index (χ3n) is 8.34. The highest BCUT2D eigenvalue weighted by Crippen LogP contribution is 2.53. The lowest BCUT2D eigenvalue weighted by Gasteiger charge is -2.43. The maximum atomic E-state index is 16.2. The van der Waals surface area contributed by atoms with Crippen molar-refractivity contribution in [2.75, 3.05) is 19.0 Å². The number of carbonyl (C=O) groups is 3. The molecular weight excluding hydrogens is 639 g/mol. The molecular formula is C34H37Cl2F2N3O5. The lowest BCUT2D eigenvalue weighted by Crippen LogP contribution is -2.52. The Hall–Kier alpha value is -3.73. The van der Waals surface area contributed by atoms with Gasteiger partial charge < -0.3 is 25.8 Å². The van der Waals surface area contributed by atoms with Crippen LogP contribution in [0, 0.1) is 17.0 Å². The number of carbonyl (C=O) groups excluding carboxylic acids is 2. The van der Waals surface area contributed by atoms with Gasteiger partial charge in [0, 0.05) is 35.4 Å². The van der Waals surface area contributed by atoms with E-state index < -0.39 is 46.9 Å². The Morgan fingerprint density at radius 1 is 1.07 bits per heavy atom. The molecule has 12 heteroatoms. The van der Waals surface area contributed by atoms with Crippen molar-refractivity contribution in [3.05, 3.63) is 93.0 Å². The van der Waals surface area contributed by atoms with Gasteiger partial charge in [0.1, 0.15) is 17.4 Å². The number of aromatic carboxylic acids is 1. The lowest BCUT2D eigenvalue weighted by atomic mass is 9.61. The van der Waals surface area contributed by atoms with Gasteiger partial charge in [-0.05, 0) is 59.4 Å². The number of carboxylic acid groups (broad SMARTS) is 1. The minimum atomic E-state index is -1.43. The van der Waals surface area contributed by atoms with Gasteiger partial charge in [0.15, 0.2) is 0 Å². The number of methoxy groups -OCH3 is 1. The summed E-state index contributed by atoms with van der Waals surface area (Å²) in [5, 5.41) is 18.5. The first kappa shape index (κ1) is 35.1. The molecule has 0 unspecified atom stereocenters. The third-order valence-corrected chi connectivity index (χ3v) is 8.87. The highest BCUT2D eigenvalue weighted by atomic mass is 35.5. The molecule has 246 valence electrons. The molecule has 3 aromatic rings. The first-order chi connectivity index (χ1) is 21.6. The number of benzene rings is 3. The molecule has 1 aliphatic rings. The van der Waals surface area contributed by atoms with Crippen LogP contribution in [-0.4, -0.2) is 48.6 Å². The SMILES string of the molecule is CCC(=O)NC[C@]1(c2ccc(Cl)cc2F)[C@H](CC(C)(C)C)N[C@@H](C(=O)Nc2ccc(C(=O)O)cc2OC)[C@@H]1c1cccc(Cl)c1F. The summed E-state index contributed by atoms with van der Waals surface area (Å²) in [6.07, 6.45) is 0.527. The quantitative estimate of drug-likeness (QED) is 0.185. The summed E-state index contributed by atoms with van der Waals surface area (Å²) in [7, 11) is 1.33. The normalized spacial score (nSPS) is 21.1. The van der Waals surface area contributed by atoms with E-state index in [2.05, 4.69) is 16.0 Å². The predicted octanol–water partition coefficient (Wildman–Crippen LogP) is 6.94. The van der Waals surface area contributed by atoms with Crippen molar-refractivity contribution >= 4 is 46.7 Å².